The Morgan fingerprint density at radius 1 is 1.10 bits per heavy atom. The van der Waals surface area contributed by atoms with E-state index in [-0.39, 0.29) is 11.7 Å². The monoisotopic (exact) mass is 428 g/mol. The summed E-state index contributed by atoms with van der Waals surface area (Å²) in [5, 5.41) is 2.83. The van der Waals surface area contributed by atoms with Crippen LogP contribution in [0, 0.1) is 0 Å². The predicted molar refractivity (Wildman–Crippen MR) is 121 cm³/mol. The van der Waals surface area contributed by atoms with Crippen LogP contribution in [-0.2, 0) is 12.8 Å². The van der Waals surface area contributed by atoms with Crippen molar-refractivity contribution in [2.75, 3.05) is 5.32 Å². The van der Waals surface area contributed by atoms with Gasteiger partial charge in [-0.3, -0.25) is 9.59 Å². The average Bonchev–Trinajstić information content (AvgIpc) is 3.44. The lowest BCUT2D eigenvalue weighted by Gasteiger charge is -2.12. The zero-order valence-corrected chi connectivity index (χ0v) is 17.5. The summed E-state index contributed by atoms with van der Waals surface area (Å²) in [6.45, 7) is 0. The van der Waals surface area contributed by atoms with Gasteiger partial charge in [0.25, 0.3) is 5.91 Å². The number of fused-ring (bicyclic) bond motifs is 1. The minimum Gasteiger partial charge on any atom is -0.358 e. The zero-order valence-electron chi connectivity index (χ0n) is 16.7. The highest BCUT2D eigenvalue weighted by Gasteiger charge is 2.26. The van der Waals surface area contributed by atoms with Crippen molar-refractivity contribution in [3.05, 3.63) is 88.2 Å². The first-order valence-electron chi connectivity index (χ1n) is 10.2. The smallest absolute Gasteiger partial charge is 0.268 e. The van der Waals surface area contributed by atoms with Gasteiger partial charge in [0.2, 0.25) is 0 Å². The fourth-order valence-corrected chi connectivity index (χ4v) is 4.55. The number of hydrogen-bond acceptors (Lipinski definition) is 5. The molecule has 4 aromatic rings. The van der Waals surface area contributed by atoms with Gasteiger partial charge in [-0.15, -0.1) is 0 Å². The molecule has 0 radical (unpaired) electrons. The number of nitrogens with zero attached hydrogens (tertiary/aromatic N) is 2. The minimum atomic E-state index is -0.238. The molecule has 154 valence electrons. The molecule has 0 saturated heterocycles. The predicted octanol–water partition coefficient (Wildman–Crippen LogP) is 4.90. The van der Waals surface area contributed by atoms with Gasteiger partial charge >= 0.3 is 0 Å². The van der Waals surface area contributed by atoms with E-state index in [1.54, 1.807) is 18.5 Å². The van der Waals surface area contributed by atoms with Crippen LogP contribution in [0.1, 0.15) is 49.7 Å². The second kappa shape index (κ2) is 8.28. The number of H-pyrrole nitrogens is 1. The van der Waals surface area contributed by atoms with Crippen LogP contribution < -0.4 is 5.32 Å². The van der Waals surface area contributed by atoms with Gasteiger partial charge in [-0.2, -0.15) is 0 Å². The number of pyridine rings is 1. The van der Waals surface area contributed by atoms with Crippen LogP contribution in [0.4, 0.5) is 5.82 Å². The fourth-order valence-electron chi connectivity index (χ4n) is 4.06. The van der Waals surface area contributed by atoms with Gasteiger partial charge in [0, 0.05) is 42.1 Å². The van der Waals surface area contributed by atoms with Crippen LogP contribution in [-0.4, -0.2) is 26.0 Å². The van der Waals surface area contributed by atoms with Crippen LogP contribution in [0.25, 0.3) is 11.3 Å². The van der Waals surface area contributed by atoms with Gasteiger partial charge in [0.15, 0.2) is 5.78 Å². The number of carbonyl (C=O) groups excluding carboxylic acids is 2. The summed E-state index contributed by atoms with van der Waals surface area (Å²) in [7, 11) is 0. The number of anilines is 1. The van der Waals surface area contributed by atoms with E-state index in [0.717, 1.165) is 58.0 Å². The van der Waals surface area contributed by atoms with E-state index < -0.39 is 0 Å². The molecule has 0 atom stereocenters. The second-order valence-electron chi connectivity index (χ2n) is 7.53. The Kier molecular flexibility index (Phi) is 5.18. The number of aryl methyl sites for hydroxylation is 1. The van der Waals surface area contributed by atoms with E-state index in [4.69, 9.17) is 0 Å². The lowest BCUT2D eigenvalue weighted by Crippen LogP contribution is -2.11. The topological polar surface area (TPSA) is 87.7 Å². The van der Waals surface area contributed by atoms with Gasteiger partial charge < -0.3 is 10.3 Å². The first-order chi connectivity index (χ1) is 15.2. The van der Waals surface area contributed by atoms with Crippen LogP contribution in [0.3, 0.4) is 0 Å². The van der Waals surface area contributed by atoms with Crippen molar-refractivity contribution in [1.29, 1.82) is 0 Å². The number of aromatic nitrogens is 3. The Labute approximate surface area is 183 Å². The second-order valence-corrected chi connectivity index (χ2v) is 8.36. The van der Waals surface area contributed by atoms with Crippen molar-refractivity contribution in [2.45, 2.75) is 25.7 Å². The molecule has 7 heteroatoms. The van der Waals surface area contributed by atoms with Crippen LogP contribution in [0.5, 0.6) is 0 Å². The number of rotatable bonds is 5. The van der Waals surface area contributed by atoms with Gasteiger partial charge in [-0.05, 0) is 53.7 Å². The summed E-state index contributed by atoms with van der Waals surface area (Å²) in [6, 6.07) is 15.6. The number of hydrogen-bond donors (Lipinski definition) is 2. The molecule has 5 rings (SSSR count). The van der Waals surface area contributed by atoms with E-state index >= 15 is 0 Å². The van der Waals surface area contributed by atoms with Crippen molar-refractivity contribution in [1.82, 2.24) is 14.3 Å². The molecule has 3 aromatic heterocycles. The molecule has 1 aromatic carbocycles. The highest BCUT2D eigenvalue weighted by molar-refractivity contribution is 7.08. The van der Waals surface area contributed by atoms with Crippen molar-refractivity contribution < 1.29 is 9.59 Å². The van der Waals surface area contributed by atoms with E-state index in [2.05, 4.69) is 31.8 Å². The number of ketones is 1. The quantitative estimate of drug-likeness (QED) is 0.473. The first kappa shape index (κ1) is 19.4. The van der Waals surface area contributed by atoms with Gasteiger partial charge in [0.1, 0.15) is 10.7 Å². The van der Waals surface area contributed by atoms with Crippen molar-refractivity contribution in [3.63, 3.8) is 0 Å². The molecular formula is C24H20N4O2S. The maximum absolute atomic E-state index is 12.8. The lowest BCUT2D eigenvalue weighted by atomic mass is 9.90. The Balaban J connectivity index is 1.54. The highest BCUT2D eigenvalue weighted by Crippen LogP contribution is 2.35. The molecule has 0 saturated carbocycles. The number of Topliss-reactive ketones (excluding diaryl/α,β-unsaturated/α-hetero) is 1. The first-order valence-corrected chi connectivity index (χ1v) is 11.0. The normalized spacial score (nSPS) is 13.1. The lowest BCUT2D eigenvalue weighted by molar-refractivity contribution is 0.0970. The van der Waals surface area contributed by atoms with Gasteiger partial charge in [-0.25, -0.2) is 9.36 Å². The number of benzene rings is 1. The molecule has 0 aliphatic heterocycles. The Bertz CT molecular complexity index is 1250. The number of aromatic amines is 1. The molecule has 1 aliphatic rings. The highest BCUT2D eigenvalue weighted by atomic mass is 32.1. The third kappa shape index (κ3) is 3.92. The molecule has 2 N–H and O–H groups in total. The largest absolute Gasteiger partial charge is 0.358 e. The maximum atomic E-state index is 12.8. The summed E-state index contributed by atoms with van der Waals surface area (Å²) >= 11 is 1.14. The standard InChI is InChI=1S/C24H20N4O2S/c29-19-8-4-7-18-22(19)17(13-15-5-2-1-3-6-15)23(27-18)16-9-11-25-21(14-16)28-24(30)20-10-12-26-31-20/h1-3,5-6,9-12,14,27H,4,7-8,13H2,(H,25,28,30). The molecule has 31 heavy (non-hydrogen) atoms. The molecule has 0 spiro atoms. The van der Waals surface area contributed by atoms with Crippen molar-refractivity contribution in [3.8, 4) is 11.3 Å². The SMILES string of the molecule is O=C(Nc1cc(-c2[nH]c3c(c2Cc2ccccc2)C(=O)CCC3)ccn1)c1ccns1. The number of nitrogens with one attached hydrogen (secondary N) is 2. The number of carbonyl (C=O) groups is 2. The molecule has 0 unspecified atom stereocenters. The molecule has 3 heterocycles. The van der Waals surface area contributed by atoms with Crippen molar-refractivity contribution >= 4 is 29.0 Å². The van der Waals surface area contributed by atoms with Crippen LogP contribution >= 0.6 is 11.5 Å². The molecule has 0 bridgehead atoms. The summed E-state index contributed by atoms with van der Waals surface area (Å²) in [4.78, 5) is 33.5. The molecule has 1 aliphatic carbocycles. The van der Waals surface area contributed by atoms with E-state index in [1.807, 2.05) is 30.3 Å². The van der Waals surface area contributed by atoms with E-state index in [9.17, 15) is 9.59 Å². The summed E-state index contributed by atoms with van der Waals surface area (Å²) in [6.07, 6.45) is 6.24. The molecule has 1 amide bonds. The van der Waals surface area contributed by atoms with E-state index in [1.165, 1.54) is 0 Å². The Hall–Kier alpha value is -3.58. The Morgan fingerprint density at radius 2 is 1.97 bits per heavy atom. The third-order valence-electron chi connectivity index (χ3n) is 5.47. The summed E-state index contributed by atoms with van der Waals surface area (Å²) in [5.41, 5.74) is 5.80. The van der Waals surface area contributed by atoms with Crippen molar-refractivity contribution in [2.24, 2.45) is 0 Å². The van der Waals surface area contributed by atoms with Crippen LogP contribution in [0.15, 0.2) is 60.9 Å². The molecule has 6 nitrogen and oxygen atoms in total. The third-order valence-corrected chi connectivity index (χ3v) is 6.21. The molecular weight excluding hydrogens is 408 g/mol. The fraction of sp³-hybridized carbons (Fsp3) is 0.167. The van der Waals surface area contributed by atoms with E-state index in [0.29, 0.717) is 23.5 Å². The summed E-state index contributed by atoms with van der Waals surface area (Å²) < 4.78 is 3.97. The minimum absolute atomic E-state index is 0.197. The zero-order chi connectivity index (χ0) is 21.2. The number of amides is 1. The van der Waals surface area contributed by atoms with Gasteiger partial charge in [0.05, 0.1) is 5.69 Å². The average molecular weight is 429 g/mol. The van der Waals surface area contributed by atoms with Crippen LogP contribution in [0.2, 0.25) is 0 Å². The Morgan fingerprint density at radius 3 is 2.77 bits per heavy atom. The van der Waals surface area contributed by atoms with Gasteiger partial charge in [-0.1, -0.05) is 30.3 Å². The summed E-state index contributed by atoms with van der Waals surface area (Å²) in [5.74, 6) is 0.417. The maximum Gasteiger partial charge on any atom is 0.268 e. The molecule has 0 fully saturated rings.